The SMILES string of the molecule is CCCn1c(=O)c2ccc(Cl)cc2n2c(SCC(=O)Nc3ccccc3C(F)(F)F)nnc12. The second-order valence-electron chi connectivity index (χ2n) is 7.12. The van der Waals surface area contributed by atoms with Gasteiger partial charge >= 0.3 is 6.18 Å². The van der Waals surface area contributed by atoms with Gasteiger partial charge in [0.1, 0.15) is 0 Å². The van der Waals surface area contributed by atoms with Gasteiger partial charge in [0.15, 0.2) is 5.16 Å². The summed E-state index contributed by atoms with van der Waals surface area (Å²) in [4.78, 5) is 25.3. The summed E-state index contributed by atoms with van der Waals surface area (Å²) in [5.41, 5.74) is -1.01. The smallest absolute Gasteiger partial charge is 0.325 e. The van der Waals surface area contributed by atoms with Crippen molar-refractivity contribution in [1.82, 2.24) is 19.2 Å². The normalized spacial score (nSPS) is 11.9. The Morgan fingerprint density at radius 1 is 1.18 bits per heavy atom. The maximum atomic E-state index is 13.2. The second-order valence-corrected chi connectivity index (χ2v) is 8.50. The summed E-state index contributed by atoms with van der Waals surface area (Å²) in [7, 11) is 0. The number of amides is 1. The van der Waals surface area contributed by atoms with E-state index in [1.807, 2.05) is 6.92 Å². The van der Waals surface area contributed by atoms with Gasteiger partial charge in [-0.15, -0.1) is 10.2 Å². The molecule has 0 aliphatic rings. The lowest BCUT2D eigenvalue weighted by atomic mass is 10.1. The number of hydrogen-bond acceptors (Lipinski definition) is 5. The first kappa shape index (κ1) is 23.1. The monoisotopic (exact) mass is 495 g/mol. The van der Waals surface area contributed by atoms with Crippen LogP contribution in [0.1, 0.15) is 18.9 Å². The molecule has 12 heteroatoms. The number of nitrogens with one attached hydrogen (secondary N) is 1. The van der Waals surface area contributed by atoms with Crippen molar-refractivity contribution < 1.29 is 18.0 Å². The quantitative estimate of drug-likeness (QED) is 0.386. The first-order valence-corrected chi connectivity index (χ1v) is 11.2. The minimum Gasteiger partial charge on any atom is -0.325 e. The first-order valence-electron chi connectivity index (χ1n) is 9.86. The summed E-state index contributed by atoms with van der Waals surface area (Å²) in [5.74, 6) is -0.568. The molecule has 2 aromatic carbocycles. The number of rotatable bonds is 6. The molecule has 0 aliphatic heterocycles. The van der Waals surface area contributed by atoms with E-state index in [0.717, 1.165) is 17.8 Å². The number of benzene rings is 2. The van der Waals surface area contributed by atoms with Gasteiger partial charge in [-0.05, 0) is 36.8 Å². The van der Waals surface area contributed by atoms with Crippen molar-refractivity contribution in [2.45, 2.75) is 31.2 Å². The average molecular weight is 496 g/mol. The first-order chi connectivity index (χ1) is 15.7. The molecule has 0 bridgehead atoms. The number of para-hydroxylation sites is 1. The lowest BCUT2D eigenvalue weighted by molar-refractivity contribution is -0.137. The molecule has 0 spiro atoms. The van der Waals surface area contributed by atoms with Crippen molar-refractivity contribution in [3.63, 3.8) is 0 Å². The van der Waals surface area contributed by atoms with Gasteiger partial charge in [0.2, 0.25) is 11.7 Å². The molecule has 0 unspecified atom stereocenters. The number of halogens is 4. The van der Waals surface area contributed by atoms with Gasteiger partial charge in [0.05, 0.1) is 27.9 Å². The molecule has 1 amide bonds. The van der Waals surface area contributed by atoms with Crippen LogP contribution in [0.2, 0.25) is 5.02 Å². The largest absolute Gasteiger partial charge is 0.418 e. The summed E-state index contributed by atoms with van der Waals surface area (Å²) in [6.45, 7) is 2.34. The van der Waals surface area contributed by atoms with E-state index >= 15 is 0 Å². The van der Waals surface area contributed by atoms with E-state index in [2.05, 4.69) is 15.5 Å². The van der Waals surface area contributed by atoms with E-state index in [-0.39, 0.29) is 17.0 Å². The summed E-state index contributed by atoms with van der Waals surface area (Å²) in [5, 5.41) is 11.6. The number of fused-ring (bicyclic) bond motifs is 3. The highest BCUT2D eigenvalue weighted by Crippen LogP contribution is 2.34. The van der Waals surface area contributed by atoms with Crippen molar-refractivity contribution >= 4 is 51.6 Å². The fourth-order valence-corrected chi connectivity index (χ4v) is 4.34. The van der Waals surface area contributed by atoms with Crippen molar-refractivity contribution in [2.75, 3.05) is 11.1 Å². The molecule has 0 atom stereocenters. The molecule has 1 N–H and O–H groups in total. The molecule has 2 aromatic heterocycles. The predicted molar refractivity (Wildman–Crippen MR) is 121 cm³/mol. The molecule has 172 valence electrons. The van der Waals surface area contributed by atoms with Gasteiger partial charge in [-0.25, -0.2) is 0 Å². The van der Waals surface area contributed by atoms with Gasteiger partial charge in [-0.3, -0.25) is 18.6 Å². The number of anilines is 1. The van der Waals surface area contributed by atoms with E-state index in [1.54, 1.807) is 22.6 Å². The number of alkyl halides is 3. The second kappa shape index (κ2) is 9.06. The number of carbonyl (C=O) groups excluding carboxylic acids is 1. The Morgan fingerprint density at radius 2 is 1.94 bits per heavy atom. The van der Waals surface area contributed by atoms with E-state index in [4.69, 9.17) is 11.6 Å². The number of aromatic nitrogens is 4. The van der Waals surface area contributed by atoms with Crippen LogP contribution in [0.5, 0.6) is 0 Å². The van der Waals surface area contributed by atoms with Crippen LogP contribution < -0.4 is 10.9 Å². The molecular weight excluding hydrogens is 479 g/mol. The Labute approximate surface area is 194 Å². The third-order valence-corrected chi connectivity index (χ3v) is 5.98. The van der Waals surface area contributed by atoms with E-state index < -0.39 is 17.6 Å². The number of hydrogen-bond donors (Lipinski definition) is 1. The Hall–Kier alpha value is -3.05. The molecule has 2 heterocycles. The zero-order valence-corrected chi connectivity index (χ0v) is 18.8. The maximum absolute atomic E-state index is 13.2. The van der Waals surface area contributed by atoms with Gasteiger partial charge < -0.3 is 5.32 Å². The number of nitrogens with zero attached hydrogens (tertiary/aromatic N) is 4. The van der Waals surface area contributed by atoms with Gasteiger partial charge in [-0.1, -0.05) is 42.4 Å². The number of thioether (sulfide) groups is 1. The van der Waals surface area contributed by atoms with Crippen molar-refractivity contribution in [1.29, 1.82) is 0 Å². The molecule has 0 saturated carbocycles. The highest BCUT2D eigenvalue weighted by molar-refractivity contribution is 7.99. The van der Waals surface area contributed by atoms with E-state index in [9.17, 15) is 22.8 Å². The highest BCUT2D eigenvalue weighted by atomic mass is 35.5. The Kier molecular flexibility index (Phi) is 6.35. The molecule has 0 saturated heterocycles. The van der Waals surface area contributed by atoms with Gasteiger partial charge in [0, 0.05) is 11.6 Å². The topological polar surface area (TPSA) is 81.3 Å². The van der Waals surface area contributed by atoms with Crippen LogP contribution >= 0.6 is 23.4 Å². The zero-order chi connectivity index (χ0) is 23.8. The summed E-state index contributed by atoms with van der Waals surface area (Å²) < 4.78 is 42.7. The summed E-state index contributed by atoms with van der Waals surface area (Å²) in [6, 6.07) is 9.58. The third kappa shape index (κ3) is 4.55. The molecule has 4 aromatic rings. The van der Waals surface area contributed by atoms with Crippen molar-refractivity contribution in [3.05, 3.63) is 63.4 Å². The van der Waals surface area contributed by atoms with E-state index in [0.29, 0.717) is 39.8 Å². The Morgan fingerprint density at radius 3 is 2.67 bits per heavy atom. The summed E-state index contributed by atoms with van der Waals surface area (Å²) in [6.07, 6.45) is -3.91. The standard InChI is InChI=1S/C21H17ClF3N5O2S/c1-2-9-29-18(32)13-8-7-12(22)10-16(13)30-19(29)27-28-20(30)33-11-17(31)26-15-6-4-3-5-14(15)21(23,24)25/h3-8,10H,2,9,11H2,1H3,(H,26,31). The molecule has 0 aliphatic carbocycles. The van der Waals surface area contributed by atoms with Crippen molar-refractivity contribution in [2.24, 2.45) is 0 Å². The minimum atomic E-state index is -4.60. The molecule has 7 nitrogen and oxygen atoms in total. The molecule has 0 fully saturated rings. The van der Waals surface area contributed by atoms with Crippen LogP contribution in [0.3, 0.4) is 0 Å². The highest BCUT2D eigenvalue weighted by Gasteiger charge is 2.33. The fraction of sp³-hybridized carbons (Fsp3) is 0.238. The van der Waals surface area contributed by atoms with Gasteiger partial charge in [0.25, 0.3) is 5.56 Å². The average Bonchev–Trinajstić information content (AvgIpc) is 3.19. The van der Waals surface area contributed by atoms with E-state index in [1.165, 1.54) is 22.8 Å². The molecule has 4 rings (SSSR count). The van der Waals surface area contributed by atoms with Gasteiger partial charge in [-0.2, -0.15) is 13.2 Å². The number of aryl methyl sites for hydroxylation is 1. The predicted octanol–water partition coefficient (Wildman–Crippen LogP) is 4.86. The number of carbonyl (C=O) groups is 1. The Balaban J connectivity index is 1.67. The minimum absolute atomic E-state index is 0.220. The third-order valence-electron chi connectivity index (χ3n) is 4.82. The van der Waals surface area contributed by atoms with Crippen LogP contribution in [0, 0.1) is 0 Å². The fourth-order valence-electron chi connectivity index (χ4n) is 3.43. The van der Waals surface area contributed by atoms with Crippen LogP contribution in [0.25, 0.3) is 16.7 Å². The zero-order valence-electron chi connectivity index (χ0n) is 17.2. The van der Waals surface area contributed by atoms with Crippen LogP contribution in [0.4, 0.5) is 18.9 Å². The molecule has 0 radical (unpaired) electrons. The lowest BCUT2D eigenvalue weighted by Gasteiger charge is -2.13. The molecular formula is C21H17ClF3N5O2S. The Bertz CT molecular complexity index is 1420. The summed E-state index contributed by atoms with van der Waals surface area (Å²) >= 11 is 7.12. The van der Waals surface area contributed by atoms with Crippen LogP contribution in [0.15, 0.2) is 52.4 Å². The lowest BCUT2D eigenvalue weighted by Crippen LogP contribution is -2.23. The van der Waals surface area contributed by atoms with Crippen LogP contribution in [-0.4, -0.2) is 30.8 Å². The van der Waals surface area contributed by atoms with Crippen molar-refractivity contribution in [3.8, 4) is 0 Å². The van der Waals surface area contributed by atoms with Crippen LogP contribution in [-0.2, 0) is 17.5 Å². The molecule has 33 heavy (non-hydrogen) atoms. The maximum Gasteiger partial charge on any atom is 0.418 e.